The number of hydrogen-bond donors (Lipinski definition) is 1. The molecule has 5 rings (SSSR count). The minimum absolute atomic E-state index is 0.283. The topological polar surface area (TPSA) is 144 Å². The average Bonchev–Trinajstić information content (AvgIpc) is 3.02. The van der Waals surface area contributed by atoms with Gasteiger partial charge >= 0.3 is 24.1 Å². The molecule has 0 radical (unpaired) electrons. The third-order valence-corrected chi connectivity index (χ3v) is 10.4. The summed E-state index contributed by atoms with van der Waals surface area (Å²) >= 11 is 6.69. The van der Waals surface area contributed by atoms with E-state index in [4.69, 9.17) is 40.0 Å². The van der Waals surface area contributed by atoms with Crippen molar-refractivity contribution in [3.05, 3.63) is 69.7 Å². The molecule has 1 spiro atoms. The Morgan fingerprint density at radius 2 is 1.52 bits per heavy atom. The lowest BCUT2D eigenvalue weighted by Crippen LogP contribution is -2.67. The van der Waals surface area contributed by atoms with E-state index in [0.717, 1.165) is 19.4 Å². The average molecular weight is 687 g/mol. The Balaban J connectivity index is 1.47. The molecule has 48 heavy (non-hydrogen) atoms. The van der Waals surface area contributed by atoms with Gasteiger partial charge in [0.15, 0.2) is 12.2 Å². The molecule has 11 nitrogen and oxygen atoms in total. The first kappa shape index (κ1) is 35.6. The molecule has 1 unspecified atom stereocenters. The number of carboxylic acid groups (broad SMARTS) is 1. The van der Waals surface area contributed by atoms with E-state index in [-0.39, 0.29) is 5.56 Å². The van der Waals surface area contributed by atoms with E-state index in [1.54, 1.807) is 18.2 Å². The molecular formula is C36H43ClO11. The van der Waals surface area contributed by atoms with Gasteiger partial charge in [0, 0.05) is 38.5 Å². The second kappa shape index (κ2) is 14.8. The zero-order valence-electron chi connectivity index (χ0n) is 27.7. The summed E-state index contributed by atoms with van der Waals surface area (Å²) in [6.07, 6.45) is 1.95. The van der Waals surface area contributed by atoms with Crippen LogP contribution in [0.5, 0.6) is 0 Å². The number of halogens is 1. The standard InChI is InChI=1S/C36H43ClO11/c1-21(38)44-20-30-31(45-22(2)39)32(46-23(3)40)33(47-34(41)42)36(43-4,48-30)28-10-11-29(37)27(19-28)18-24-6-8-25(9-7-24)26-12-16-35(17-13-26)14-5-15-35/h6-11,19,26,30-33H,5,12-18,20H2,1-4H3,(H,41,42)/t30-,31-,32+,33-,36?/m1/s1. The van der Waals surface area contributed by atoms with Crippen LogP contribution in [-0.4, -0.2) is 67.3 Å². The number of carbonyl (C=O) groups is 4. The Kier molecular flexibility index (Phi) is 11.0. The highest BCUT2D eigenvalue weighted by Gasteiger charge is 2.62. The quantitative estimate of drug-likeness (QED) is 0.218. The Morgan fingerprint density at radius 1 is 0.875 bits per heavy atom. The van der Waals surface area contributed by atoms with Gasteiger partial charge in [-0.1, -0.05) is 48.4 Å². The maximum Gasteiger partial charge on any atom is 0.506 e. The molecule has 2 aromatic rings. The lowest BCUT2D eigenvalue weighted by atomic mass is 9.58. The molecule has 12 heteroatoms. The summed E-state index contributed by atoms with van der Waals surface area (Å²) < 4.78 is 33.7. The van der Waals surface area contributed by atoms with Crippen LogP contribution in [0.1, 0.15) is 93.9 Å². The summed E-state index contributed by atoms with van der Waals surface area (Å²) in [7, 11) is 1.27. The minimum Gasteiger partial charge on any atom is -0.463 e. The Hall–Kier alpha value is -3.67. The molecule has 2 saturated carbocycles. The Morgan fingerprint density at radius 3 is 2.06 bits per heavy atom. The van der Waals surface area contributed by atoms with Gasteiger partial charge in [-0.15, -0.1) is 0 Å². The van der Waals surface area contributed by atoms with Gasteiger partial charge in [-0.05, 0) is 85.1 Å². The molecule has 1 N–H and O–H groups in total. The molecule has 3 aliphatic rings. The molecule has 260 valence electrons. The molecule has 1 saturated heterocycles. The number of esters is 3. The van der Waals surface area contributed by atoms with Crippen molar-refractivity contribution in [2.45, 2.75) is 108 Å². The largest absolute Gasteiger partial charge is 0.506 e. The van der Waals surface area contributed by atoms with Crippen molar-refractivity contribution in [3.63, 3.8) is 0 Å². The van der Waals surface area contributed by atoms with Crippen molar-refractivity contribution in [1.29, 1.82) is 0 Å². The molecular weight excluding hydrogens is 644 g/mol. The highest BCUT2D eigenvalue weighted by molar-refractivity contribution is 6.31. The van der Waals surface area contributed by atoms with Gasteiger partial charge < -0.3 is 33.5 Å². The van der Waals surface area contributed by atoms with Crippen LogP contribution in [-0.2, 0) is 55.0 Å². The third-order valence-electron chi connectivity index (χ3n) is 10.0. The first-order chi connectivity index (χ1) is 22.8. The van der Waals surface area contributed by atoms with Gasteiger partial charge in [0.05, 0.1) is 0 Å². The Labute approximate surface area is 285 Å². The monoisotopic (exact) mass is 686 g/mol. The summed E-state index contributed by atoms with van der Waals surface area (Å²) in [6, 6.07) is 13.5. The van der Waals surface area contributed by atoms with Crippen molar-refractivity contribution in [3.8, 4) is 0 Å². The van der Waals surface area contributed by atoms with E-state index in [0.29, 0.717) is 28.3 Å². The second-order valence-corrected chi connectivity index (χ2v) is 13.5. The van der Waals surface area contributed by atoms with Crippen LogP contribution < -0.4 is 0 Å². The number of hydrogen-bond acceptors (Lipinski definition) is 10. The van der Waals surface area contributed by atoms with Gasteiger partial charge in [0.2, 0.25) is 11.9 Å². The molecule has 1 heterocycles. The lowest BCUT2D eigenvalue weighted by Gasteiger charge is -2.50. The predicted octanol–water partition coefficient (Wildman–Crippen LogP) is 6.45. The number of carbonyl (C=O) groups excluding carboxylic acids is 3. The number of rotatable bonds is 10. The number of benzene rings is 2. The van der Waals surface area contributed by atoms with E-state index < -0.39 is 60.9 Å². The first-order valence-corrected chi connectivity index (χ1v) is 16.7. The van der Waals surface area contributed by atoms with Crippen molar-refractivity contribution in [2.75, 3.05) is 13.7 Å². The van der Waals surface area contributed by atoms with Gasteiger partial charge in [-0.25, -0.2) is 4.79 Å². The fourth-order valence-corrected chi connectivity index (χ4v) is 7.69. The zero-order valence-corrected chi connectivity index (χ0v) is 28.5. The molecule has 3 fully saturated rings. The predicted molar refractivity (Wildman–Crippen MR) is 172 cm³/mol. The molecule has 2 aromatic carbocycles. The van der Waals surface area contributed by atoms with Gasteiger partial charge in [0.1, 0.15) is 12.7 Å². The smallest absolute Gasteiger partial charge is 0.463 e. The summed E-state index contributed by atoms with van der Waals surface area (Å²) in [4.78, 5) is 48.3. The highest BCUT2D eigenvalue weighted by Crippen LogP contribution is 2.54. The fraction of sp³-hybridized carbons (Fsp3) is 0.556. The Bertz CT molecular complexity index is 1490. The van der Waals surface area contributed by atoms with Crippen LogP contribution in [0, 0.1) is 5.41 Å². The summed E-state index contributed by atoms with van der Waals surface area (Å²) in [6.45, 7) is 2.98. The maximum absolute atomic E-state index is 12.3. The van der Waals surface area contributed by atoms with Crippen LogP contribution in [0.4, 0.5) is 4.79 Å². The van der Waals surface area contributed by atoms with Gasteiger partial charge in [0.25, 0.3) is 0 Å². The van der Waals surface area contributed by atoms with Crippen molar-refractivity contribution in [2.24, 2.45) is 5.41 Å². The molecule has 0 bridgehead atoms. The molecule has 2 aliphatic carbocycles. The first-order valence-electron chi connectivity index (χ1n) is 16.3. The van der Waals surface area contributed by atoms with E-state index in [9.17, 15) is 24.3 Å². The van der Waals surface area contributed by atoms with Crippen LogP contribution in [0.2, 0.25) is 5.02 Å². The van der Waals surface area contributed by atoms with Crippen LogP contribution in [0.15, 0.2) is 42.5 Å². The third kappa shape index (κ3) is 7.79. The molecule has 0 aromatic heterocycles. The number of ether oxygens (including phenoxy) is 6. The summed E-state index contributed by atoms with van der Waals surface area (Å²) in [5, 5.41) is 10.2. The zero-order chi connectivity index (χ0) is 34.6. The minimum atomic E-state index is -2.05. The number of methoxy groups -OCH3 is 1. The summed E-state index contributed by atoms with van der Waals surface area (Å²) in [5.41, 5.74) is 3.93. The van der Waals surface area contributed by atoms with Crippen LogP contribution in [0.25, 0.3) is 0 Å². The van der Waals surface area contributed by atoms with Crippen molar-refractivity contribution >= 4 is 35.7 Å². The van der Waals surface area contributed by atoms with E-state index in [2.05, 4.69) is 24.3 Å². The van der Waals surface area contributed by atoms with Gasteiger partial charge in [-0.3, -0.25) is 14.4 Å². The normalized spacial score (nSPS) is 26.6. The maximum atomic E-state index is 12.3. The van der Waals surface area contributed by atoms with Crippen molar-refractivity contribution in [1.82, 2.24) is 0 Å². The van der Waals surface area contributed by atoms with Gasteiger partial charge in [-0.2, -0.15) is 0 Å². The summed E-state index contributed by atoms with van der Waals surface area (Å²) in [5.74, 6) is -3.73. The highest BCUT2D eigenvalue weighted by atomic mass is 35.5. The lowest BCUT2D eigenvalue weighted by molar-refractivity contribution is -0.367. The SMILES string of the molecule is COC1(c2ccc(Cl)c(Cc3ccc(C4CCC5(CCC5)CC4)cc3)c2)O[C@H](COC(C)=O)[C@@H](OC(C)=O)[C@H](OC(C)=O)[C@H]1OC(=O)O. The van der Waals surface area contributed by atoms with E-state index >= 15 is 0 Å². The van der Waals surface area contributed by atoms with Crippen molar-refractivity contribution < 1.29 is 52.7 Å². The molecule has 0 amide bonds. The van der Waals surface area contributed by atoms with Crippen LogP contribution >= 0.6 is 11.6 Å². The van der Waals surface area contributed by atoms with E-state index in [1.165, 1.54) is 64.5 Å². The van der Waals surface area contributed by atoms with E-state index in [1.807, 2.05) is 0 Å². The van der Waals surface area contributed by atoms with Crippen LogP contribution in [0.3, 0.4) is 0 Å². The molecule has 5 atom stereocenters. The second-order valence-electron chi connectivity index (χ2n) is 13.1. The molecule has 1 aliphatic heterocycles. The fourth-order valence-electron chi connectivity index (χ4n) is 7.51.